The molecule has 6 heteroatoms. The Morgan fingerprint density at radius 2 is 1.53 bits per heavy atom. The molecule has 0 N–H and O–H groups in total. The zero-order valence-corrected chi connectivity index (χ0v) is 31.8. The standard InChI is InChI=1S/C43H42N4O.Pt/c1-9-13-31-20-21-44-40(22-31)46-38-17-11-10-16-36(38)37-19-18-34(26-39(37)46)48-35-24-32(43(6,7)8)23-33(25-35)47-30(5)42(29(4)45-47)41-27(2)14-12-15-28(41)3;/h10-12,14-24H,9,13H2,1-8H3;/q-2;+2. The molecule has 0 saturated heterocycles. The molecule has 0 unspecified atom stereocenters. The van der Waals surface area contributed by atoms with E-state index in [0.717, 1.165) is 63.1 Å². The number of aromatic nitrogens is 4. The van der Waals surface area contributed by atoms with Crippen molar-refractivity contribution < 1.29 is 25.8 Å². The fourth-order valence-corrected chi connectivity index (χ4v) is 6.90. The molecular weight excluding hydrogens is 784 g/mol. The molecule has 49 heavy (non-hydrogen) atoms. The molecular formula is C43H42N4OPt. The Bertz CT molecular complexity index is 2300. The maximum absolute atomic E-state index is 6.65. The summed E-state index contributed by atoms with van der Waals surface area (Å²) in [5, 5.41) is 7.32. The van der Waals surface area contributed by atoms with Crippen molar-refractivity contribution in [3.63, 3.8) is 0 Å². The van der Waals surface area contributed by atoms with E-state index in [4.69, 9.17) is 14.8 Å². The van der Waals surface area contributed by atoms with Gasteiger partial charge in [0.15, 0.2) is 0 Å². The van der Waals surface area contributed by atoms with Crippen molar-refractivity contribution in [1.29, 1.82) is 0 Å². The van der Waals surface area contributed by atoms with Crippen molar-refractivity contribution in [2.75, 3.05) is 0 Å². The number of pyridine rings is 1. The predicted octanol–water partition coefficient (Wildman–Crippen LogP) is 10.9. The van der Waals surface area contributed by atoms with Crippen LogP contribution in [0.25, 0.3) is 44.4 Å². The first-order valence-electron chi connectivity index (χ1n) is 16.8. The van der Waals surface area contributed by atoms with Gasteiger partial charge >= 0.3 is 21.1 Å². The molecule has 0 aliphatic carbocycles. The third-order valence-electron chi connectivity index (χ3n) is 9.30. The Morgan fingerprint density at radius 3 is 2.27 bits per heavy atom. The van der Waals surface area contributed by atoms with Crippen LogP contribution in [-0.2, 0) is 32.9 Å². The van der Waals surface area contributed by atoms with Crippen LogP contribution in [0, 0.1) is 39.8 Å². The Kier molecular flexibility index (Phi) is 9.44. The van der Waals surface area contributed by atoms with Gasteiger partial charge in [-0.1, -0.05) is 76.0 Å². The second kappa shape index (κ2) is 13.4. The minimum atomic E-state index is -0.122. The van der Waals surface area contributed by atoms with Crippen molar-refractivity contribution in [2.24, 2.45) is 0 Å². The van der Waals surface area contributed by atoms with Gasteiger partial charge in [0.05, 0.1) is 5.69 Å². The van der Waals surface area contributed by atoms with Gasteiger partial charge in [-0.25, -0.2) is 4.98 Å². The zero-order chi connectivity index (χ0) is 33.7. The topological polar surface area (TPSA) is 44.9 Å². The maximum atomic E-state index is 6.65. The number of para-hydroxylation sites is 1. The normalized spacial score (nSPS) is 11.7. The number of nitrogens with zero attached hydrogens (tertiary/aromatic N) is 4. The van der Waals surface area contributed by atoms with E-state index in [-0.39, 0.29) is 26.5 Å². The zero-order valence-electron chi connectivity index (χ0n) is 29.5. The molecule has 0 atom stereocenters. The van der Waals surface area contributed by atoms with E-state index in [9.17, 15) is 0 Å². The summed E-state index contributed by atoms with van der Waals surface area (Å²) in [7, 11) is 0. The minimum Gasteiger partial charge on any atom is -0.509 e. The minimum absolute atomic E-state index is 0. The largest absolute Gasteiger partial charge is 2.00 e. The van der Waals surface area contributed by atoms with Gasteiger partial charge in [-0.15, -0.1) is 41.3 Å². The van der Waals surface area contributed by atoms with Gasteiger partial charge < -0.3 is 9.30 Å². The SMILES string of the molecule is CCCc1ccnc(-n2c3[c-]c(Oc4[c-]c(-n5nc(C)c(-c6c(C)cccc6C)c5C)cc(C(C)(C)C)c4)ccc3c3ccccc32)c1.[Pt+2]. The molecule has 4 aromatic carbocycles. The van der Waals surface area contributed by atoms with Gasteiger partial charge in [-0.3, -0.25) is 4.68 Å². The first kappa shape index (κ1) is 34.4. The molecule has 3 heterocycles. The van der Waals surface area contributed by atoms with Gasteiger partial charge in [0.1, 0.15) is 5.82 Å². The van der Waals surface area contributed by atoms with Gasteiger partial charge in [0.2, 0.25) is 0 Å². The second-order valence-electron chi connectivity index (χ2n) is 13.9. The molecule has 0 fully saturated rings. The predicted molar refractivity (Wildman–Crippen MR) is 197 cm³/mol. The first-order valence-corrected chi connectivity index (χ1v) is 16.8. The van der Waals surface area contributed by atoms with Crippen molar-refractivity contribution >= 4 is 21.8 Å². The number of rotatable bonds is 7. The molecule has 0 spiro atoms. The van der Waals surface area contributed by atoms with Crippen molar-refractivity contribution in [2.45, 2.75) is 73.6 Å². The molecule has 5 nitrogen and oxygen atoms in total. The summed E-state index contributed by atoms with van der Waals surface area (Å²) in [5.74, 6) is 2.13. The number of benzene rings is 4. The van der Waals surface area contributed by atoms with E-state index in [1.165, 1.54) is 27.8 Å². The van der Waals surface area contributed by atoms with Crippen LogP contribution in [0.15, 0.2) is 85.1 Å². The maximum Gasteiger partial charge on any atom is 2.00 e. The van der Waals surface area contributed by atoms with Crippen LogP contribution in [0.1, 0.15) is 67.8 Å². The van der Waals surface area contributed by atoms with E-state index >= 15 is 0 Å². The molecule has 0 bridgehead atoms. The van der Waals surface area contributed by atoms with Crippen LogP contribution in [0.2, 0.25) is 0 Å². The van der Waals surface area contributed by atoms with Crippen LogP contribution in [0.3, 0.4) is 0 Å². The molecule has 3 aromatic heterocycles. The molecule has 7 aromatic rings. The third kappa shape index (κ3) is 6.37. The molecule has 0 amide bonds. The Morgan fingerprint density at radius 1 is 0.776 bits per heavy atom. The molecule has 0 radical (unpaired) electrons. The molecule has 250 valence electrons. The van der Waals surface area contributed by atoms with Crippen LogP contribution >= 0.6 is 0 Å². The van der Waals surface area contributed by atoms with Gasteiger partial charge in [0.25, 0.3) is 0 Å². The summed E-state index contributed by atoms with van der Waals surface area (Å²) >= 11 is 0. The van der Waals surface area contributed by atoms with Crippen molar-refractivity contribution in [1.82, 2.24) is 19.3 Å². The monoisotopic (exact) mass is 825 g/mol. The molecule has 0 aliphatic heterocycles. The summed E-state index contributed by atoms with van der Waals surface area (Å²) in [6.07, 6.45) is 3.99. The van der Waals surface area contributed by atoms with Crippen molar-refractivity contribution in [3.05, 3.63) is 131 Å². The van der Waals surface area contributed by atoms with Gasteiger partial charge in [-0.05, 0) is 91.1 Å². The summed E-state index contributed by atoms with van der Waals surface area (Å²) in [5.41, 5.74) is 12.1. The fourth-order valence-electron chi connectivity index (χ4n) is 6.90. The molecule has 7 rings (SSSR count). The average molecular weight is 826 g/mol. The third-order valence-corrected chi connectivity index (χ3v) is 9.30. The Balaban J connectivity index is 0.00000417. The Hall–Kier alpha value is -4.47. The molecule has 0 saturated carbocycles. The number of aryl methyl sites for hydroxylation is 4. The van der Waals surface area contributed by atoms with E-state index in [0.29, 0.717) is 11.5 Å². The van der Waals surface area contributed by atoms with E-state index in [1.54, 1.807) is 0 Å². The summed E-state index contributed by atoms with van der Waals surface area (Å²) in [6, 6.07) is 34.8. The van der Waals surface area contributed by atoms with Crippen LogP contribution in [0.5, 0.6) is 11.5 Å². The number of fused-ring (bicyclic) bond motifs is 3. The number of ether oxygens (including phenoxy) is 1. The Labute approximate surface area is 304 Å². The summed E-state index contributed by atoms with van der Waals surface area (Å²) in [6.45, 7) is 17.4. The van der Waals surface area contributed by atoms with Crippen LogP contribution < -0.4 is 4.74 Å². The first-order chi connectivity index (χ1) is 23.0. The smallest absolute Gasteiger partial charge is 0.509 e. The van der Waals surface area contributed by atoms with Crippen LogP contribution in [0.4, 0.5) is 0 Å². The van der Waals surface area contributed by atoms with Gasteiger partial charge in [-0.2, -0.15) is 11.2 Å². The van der Waals surface area contributed by atoms with Crippen LogP contribution in [-0.4, -0.2) is 19.3 Å². The van der Waals surface area contributed by atoms with Gasteiger partial charge in [0, 0.05) is 34.5 Å². The van der Waals surface area contributed by atoms with Crippen molar-refractivity contribution in [3.8, 4) is 34.1 Å². The molecule has 0 aliphatic rings. The average Bonchev–Trinajstić information content (AvgIpc) is 3.53. The summed E-state index contributed by atoms with van der Waals surface area (Å²) < 4.78 is 10.9. The van der Waals surface area contributed by atoms with E-state index in [2.05, 4.69) is 145 Å². The number of hydrogen-bond acceptors (Lipinski definition) is 3. The quantitative estimate of drug-likeness (QED) is 0.150. The summed E-state index contributed by atoms with van der Waals surface area (Å²) in [4.78, 5) is 4.80. The fraction of sp³-hybridized carbons (Fsp3) is 0.256. The second-order valence-corrected chi connectivity index (χ2v) is 13.9. The number of hydrogen-bond donors (Lipinski definition) is 0. The van der Waals surface area contributed by atoms with E-state index < -0.39 is 0 Å². The van der Waals surface area contributed by atoms with E-state index in [1.807, 2.05) is 16.9 Å².